The Bertz CT molecular complexity index is 406. The summed E-state index contributed by atoms with van der Waals surface area (Å²) < 4.78 is 11.3. The average molecular weight is 497 g/mol. The third kappa shape index (κ3) is 10.8. The van der Waals surface area contributed by atoms with Gasteiger partial charge in [-0.1, -0.05) is 13.8 Å². The Balaban J connectivity index is 0.00000364. The first-order chi connectivity index (χ1) is 12.7. The molecule has 0 radical (unpaired) electrons. The van der Waals surface area contributed by atoms with Gasteiger partial charge in [0.1, 0.15) is 0 Å². The molecule has 0 saturated carbocycles. The van der Waals surface area contributed by atoms with E-state index < -0.39 is 0 Å². The van der Waals surface area contributed by atoms with Gasteiger partial charge in [0.05, 0.1) is 25.9 Å². The third-order valence-electron chi connectivity index (χ3n) is 4.86. The first kappa shape index (κ1) is 24.9. The fraction of sp³-hybridized carbons (Fsp3) is 0.947. The molecule has 2 aliphatic rings. The Morgan fingerprint density at radius 3 is 2.52 bits per heavy atom. The van der Waals surface area contributed by atoms with E-state index in [1.165, 1.54) is 13.0 Å². The monoisotopic (exact) mass is 497 g/mol. The minimum Gasteiger partial charge on any atom is -0.379 e. The van der Waals surface area contributed by atoms with Crippen molar-refractivity contribution >= 4 is 29.9 Å². The van der Waals surface area contributed by atoms with Crippen LogP contribution >= 0.6 is 24.0 Å². The molecule has 7 nitrogen and oxygen atoms in total. The highest BCUT2D eigenvalue weighted by Gasteiger charge is 2.21. The zero-order valence-electron chi connectivity index (χ0n) is 17.4. The van der Waals surface area contributed by atoms with Crippen LogP contribution in [0.15, 0.2) is 4.99 Å². The number of rotatable bonds is 9. The summed E-state index contributed by atoms with van der Waals surface area (Å²) in [7, 11) is 1.83. The Morgan fingerprint density at radius 1 is 1.07 bits per heavy atom. The Kier molecular flexibility index (Phi) is 13.6. The van der Waals surface area contributed by atoms with Crippen LogP contribution in [0.3, 0.4) is 0 Å². The SMILES string of the molecule is CN=C(NCCCCN1CCOCC1)NCC1CN(CC(C)C)CCO1.I. The van der Waals surface area contributed by atoms with Crippen LogP contribution in [0.5, 0.6) is 0 Å². The van der Waals surface area contributed by atoms with Gasteiger partial charge in [-0.05, 0) is 25.3 Å². The smallest absolute Gasteiger partial charge is 0.191 e. The molecule has 27 heavy (non-hydrogen) atoms. The molecule has 2 heterocycles. The van der Waals surface area contributed by atoms with Gasteiger partial charge in [0.25, 0.3) is 0 Å². The largest absolute Gasteiger partial charge is 0.379 e. The molecule has 0 amide bonds. The summed E-state index contributed by atoms with van der Waals surface area (Å²) in [5.41, 5.74) is 0. The number of nitrogens with one attached hydrogen (secondary N) is 2. The molecule has 2 N–H and O–H groups in total. The molecule has 2 fully saturated rings. The van der Waals surface area contributed by atoms with Crippen LogP contribution in [-0.4, -0.2) is 101 Å². The summed E-state index contributed by atoms with van der Waals surface area (Å²) in [4.78, 5) is 9.31. The molecule has 0 spiro atoms. The molecule has 8 heteroatoms. The van der Waals surface area contributed by atoms with E-state index in [-0.39, 0.29) is 30.1 Å². The molecule has 0 aromatic rings. The van der Waals surface area contributed by atoms with Crippen molar-refractivity contribution in [3.05, 3.63) is 0 Å². The van der Waals surface area contributed by atoms with Gasteiger partial charge in [-0.3, -0.25) is 14.8 Å². The molecular weight excluding hydrogens is 457 g/mol. The topological polar surface area (TPSA) is 61.4 Å². The normalized spacial score (nSPS) is 22.5. The van der Waals surface area contributed by atoms with Gasteiger partial charge in [-0.2, -0.15) is 0 Å². The maximum atomic E-state index is 5.89. The van der Waals surface area contributed by atoms with Crippen molar-refractivity contribution in [1.82, 2.24) is 20.4 Å². The number of guanidine groups is 1. The van der Waals surface area contributed by atoms with Crippen molar-refractivity contribution in [3.8, 4) is 0 Å². The fourth-order valence-electron chi connectivity index (χ4n) is 3.51. The molecule has 160 valence electrons. The predicted molar refractivity (Wildman–Crippen MR) is 122 cm³/mol. The lowest BCUT2D eigenvalue weighted by Crippen LogP contribution is -2.50. The molecule has 0 bridgehead atoms. The van der Waals surface area contributed by atoms with Crippen LogP contribution in [0.25, 0.3) is 0 Å². The van der Waals surface area contributed by atoms with E-state index in [1.54, 1.807) is 0 Å². The summed E-state index contributed by atoms with van der Waals surface area (Å²) in [6.07, 6.45) is 2.60. The number of morpholine rings is 2. The average Bonchev–Trinajstić information content (AvgIpc) is 2.64. The van der Waals surface area contributed by atoms with Gasteiger partial charge in [0.15, 0.2) is 5.96 Å². The van der Waals surface area contributed by atoms with E-state index in [2.05, 4.69) is 39.3 Å². The summed E-state index contributed by atoms with van der Waals surface area (Å²) in [5, 5.41) is 6.83. The van der Waals surface area contributed by atoms with Gasteiger partial charge < -0.3 is 20.1 Å². The second-order valence-corrected chi connectivity index (χ2v) is 7.69. The lowest BCUT2D eigenvalue weighted by atomic mass is 10.2. The van der Waals surface area contributed by atoms with Gasteiger partial charge in [0, 0.05) is 52.9 Å². The number of halogens is 1. The third-order valence-corrected chi connectivity index (χ3v) is 4.86. The maximum Gasteiger partial charge on any atom is 0.191 e. The highest BCUT2D eigenvalue weighted by Crippen LogP contribution is 2.07. The number of ether oxygens (including phenoxy) is 2. The maximum absolute atomic E-state index is 5.89. The van der Waals surface area contributed by atoms with E-state index in [1.807, 2.05) is 7.05 Å². The van der Waals surface area contributed by atoms with Gasteiger partial charge in [-0.15, -0.1) is 24.0 Å². The molecule has 0 aliphatic carbocycles. The summed E-state index contributed by atoms with van der Waals surface area (Å²) >= 11 is 0. The number of unbranched alkanes of at least 4 members (excludes halogenated alkanes) is 1. The van der Waals surface area contributed by atoms with Gasteiger partial charge in [-0.25, -0.2) is 0 Å². The Hall–Kier alpha value is -0.160. The van der Waals surface area contributed by atoms with E-state index in [0.717, 1.165) is 78.0 Å². The molecule has 2 saturated heterocycles. The van der Waals surface area contributed by atoms with Crippen LogP contribution in [0.1, 0.15) is 26.7 Å². The summed E-state index contributed by atoms with van der Waals surface area (Å²) in [6.45, 7) is 15.4. The van der Waals surface area contributed by atoms with Crippen molar-refractivity contribution in [1.29, 1.82) is 0 Å². The number of hydrogen-bond donors (Lipinski definition) is 2. The number of nitrogens with zero attached hydrogens (tertiary/aromatic N) is 3. The number of aliphatic imine (C=N–C) groups is 1. The summed E-state index contributed by atoms with van der Waals surface area (Å²) in [6, 6.07) is 0. The van der Waals surface area contributed by atoms with Crippen molar-refractivity contribution in [3.63, 3.8) is 0 Å². The van der Waals surface area contributed by atoms with Crippen LogP contribution in [0.4, 0.5) is 0 Å². The second kappa shape index (κ2) is 14.8. The van der Waals surface area contributed by atoms with Crippen LogP contribution in [0.2, 0.25) is 0 Å². The van der Waals surface area contributed by atoms with E-state index >= 15 is 0 Å². The van der Waals surface area contributed by atoms with Crippen molar-refractivity contribution < 1.29 is 9.47 Å². The fourth-order valence-corrected chi connectivity index (χ4v) is 3.51. The Morgan fingerprint density at radius 2 is 1.81 bits per heavy atom. The van der Waals surface area contributed by atoms with Crippen LogP contribution in [-0.2, 0) is 9.47 Å². The van der Waals surface area contributed by atoms with E-state index in [9.17, 15) is 0 Å². The highest BCUT2D eigenvalue weighted by molar-refractivity contribution is 14.0. The minimum atomic E-state index is 0. The minimum absolute atomic E-state index is 0. The zero-order valence-corrected chi connectivity index (χ0v) is 19.7. The highest BCUT2D eigenvalue weighted by atomic mass is 127. The van der Waals surface area contributed by atoms with Crippen molar-refractivity contribution in [2.24, 2.45) is 10.9 Å². The lowest BCUT2D eigenvalue weighted by molar-refractivity contribution is -0.0284. The molecule has 2 aliphatic heterocycles. The van der Waals surface area contributed by atoms with Gasteiger partial charge >= 0.3 is 0 Å². The first-order valence-corrected chi connectivity index (χ1v) is 10.3. The molecule has 1 unspecified atom stereocenters. The van der Waals surface area contributed by atoms with Crippen LogP contribution in [0, 0.1) is 5.92 Å². The molecule has 2 rings (SSSR count). The zero-order chi connectivity index (χ0) is 18.6. The van der Waals surface area contributed by atoms with Gasteiger partial charge in [0.2, 0.25) is 0 Å². The Labute approximate surface area is 182 Å². The molecular formula is C19H40IN5O2. The van der Waals surface area contributed by atoms with Crippen molar-refractivity contribution in [2.75, 3.05) is 79.2 Å². The second-order valence-electron chi connectivity index (χ2n) is 7.69. The quantitative estimate of drug-likeness (QED) is 0.217. The molecule has 0 aromatic heterocycles. The number of hydrogen-bond acceptors (Lipinski definition) is 5. The standard InChI is InChI=1S/C19H39N5O2.HI/c1-17(2)15-24-10-13-26-18(16-24)14-22-19(20-3)21-6-4-5-7-23-8-11-25-12-9-23;/h17-18H,4-16H2,1-3H3,(H2,20,21,22);1H. The molecule has 1 atom stereocenters. The van der Waals surface area contributed by atoms with E-state index in [0.29, 0.717) is 5.92 Å². The predicted octanol–water partition coefficient (Wildman–Crippen LogP) is 1.24. The lowest BCUT2D eigenvalue weighted by Gasteiger charge is -2.34. The molecule has 0 aromatic carbocycles. The van der Waals surface area contributed by atoms with Crippen LogP contribution < -0.4 is 10.6 Å². The van der Waals surface area contributed by atoms with E-state index in [4.69, 9.17) is 9.47 Å². The van der Waals surface area contributed by atoms with Crippen molar-refractivity contribution in [2.45, 2.75) is 32.8 Å². The summed E-state index contributed by atoms with van der Waals surface area (Å²) in [5.74, 6) is 1.58. The first-order valence-electron chi connectivity index (χ1n) is 10.3.